The second-order valence-electron chi connectivity index (χ2n) is 3.64. The van der Waals surface area contributed by atoms with Gasteiger partial charge < -0.3 is 10.4 Å². The van der Waals surface area contributed by atoms with E-state index in [-0.39, 0.29) is 6.42 Å². The van der Waals surface area contributed by atoms with Gasteiger partial charge in [-0.2, -0.15) is 0 Å². The third kappa shape index (κ3) is 3.72. The topological polar surface area (TPSA) is 62.2 Å². The minimum atomic E-state index is -0.812. The summed E-state index contributed by atoms with van der Waals surface area (Å²) in [6.45, 7) is 0.609. The highest BCUT2D eigenvalue weighted by Crippen LogP contribution is 2.18. The summed E-state index contributed by atoms with van der Waals surface area (Å²) < 4.78 is 0. The molecule has 2 N–H and O–H groups in total. The van der Waals surface area contributed by atoms with Gasteiger partial charge in [0.1, 0.15) is 11.0 Å². The SMILES string of the molecule is O=C(O)Cc1ccc(CNc2cccc(Cl)n2)s1. The number of rotatable bonds is 5. The van der Waals surface area contributed by atoms with Gasteiger partial charge in [0.2, 0.25) is 0 Å². The molecular formula is C12H11ClN2O2S. The maximum Gasteiger partial charge on any atom is 0.308 e. The van der Waals surface area contributed by atoms with E-state index >= 15 is 0 Å². The molecule has 94 valence electrons. The standard InChI is InChI=1S/C12H11ClN2O2S/c13-10-2-1-3-11(15-10)14-7-9-5-4-8(18-9)6-12(16)17/h1-5H,6-7H2,(H,14,15)(H,16,17). The first-order valence-electron chi connectivity index (χ1n) is 5.29. The molecule has 0 radical (unpaired) electrons. The predicted octanol–water partition coefficient (Wildman–Crippen LogP) is 3.04. The molecule has 0 atom stereocenters. The largest absolute Gasteiger partial charge is 0.481 e. The number of carbonyl (C=O) groups is 1. The Hall–Kier alpha value is -1.59. The van der Waals surface area contributed by atoms with Crippen LogP contribution < -0.4 is 5.32 Å². The van der Waals surface area contributed by atoms with Crippen molar-refractivity contribution in [2.45, 2.75) is 13.0 Å². The van der Waals surface area contributed by atoms with Crippen molar-refractivity contribution in [2.24, 2.45) is 0 Å². The summed E-state index contributed by atoms with van der Waals surface area (Å²) in [5.41, 5.74) is 0. The number of aliphatic carboxylic acids is 1. The minimum absolute atomic E-state index is 0.0695. The van der Waals surface area contributed by atoms with E-state index in [1.165, 1.54) is 11.3 Å². The summed E-state index contributed by atoms with van der Waals surface area (Å²) in [6.07, 6.45) is 0.0695. The Kier molecular flexibility index (Phi) is 4.17. The molecule has 18 heavy (non-hydrogen) atoms. The van der Waals surface area contributed by atoms with Crippen molar-refractivity contribution in [3.63, 3.8) is 0 Å². The molecule has 0 fully saturated rings. The first-order chi connectivity index (χ1) is 8.63. The van der Waals surface area contributed by atoms with Crippen molar-refractivity contribution in [3.8, 4) is 0 Å². The fourth-order valence-electron chi connectivity index (χ4n) is 1.45. The molecule has 2 aromatic rings. The average molecular weight is 283 g/mol. The molecule has 0 spiro atoms. The van der Waals surface area contributed by atoms with Crippen LogP contribution in [0.1, 0.15) is 9.75 Å². The summed E-state index contributed by atoms with van der Waals surface area (Å²) in [5.74, 6) is -0.108. The van der Waals surface area contributed by atoms with E-state index in [1.807, 2.05) is 24.3 Å². The van der Waals surface area contributed by atoms with Gasteiger partial charge in [-0.3, -0.25) is 4.79 Å². The number of carboxylic acids is 1. The Balaban J connectivity index is 1.94. The van der Waals surface area contributed by atoms with Gasteiger partial charge in [0.15, 0.2) is 0 Å². The summed E-state index contributed by atoms with van der Waals surface area (Å²) in [4.78, 5) is 16.6. The fraction of sp³-hybridized carbons (Fsp3) is 0.167. The van der Waals surface area contributed by atoms with E-state index in [0.29, 0.717) is 17.5 Å². The molecular weight excluding hydrogens is 272 g/mol. The third-order valence-electron chi connectivity index (χ3n) is 2.20. The zero-order chi connectivity index (χ0) is 13.0. The average Bonchev–Trinajstić information content (AvgIpc) is 2.73. The molecule has 2 aromatic heterocycles. The van der Waals surface area contributed by atoms with Crippen LogP contribution in [0.3, 0.4) is 0 Å². The number of nitrogens with zero attached hydrogens (tertiary/aromatic N) is 1. The number of halogens is 1. The number of aromatic nitrogens is 1. The van der Waals surface area contributed by atoms with E-state index in [2.05, 4.69) is 10.3 Å². The molecule has 0 bridgehead atoms. The zero-order valence-electron chi connectivity index (χ0n) is 9.39. The number of thiophene rings is 1. The Labute approximate surface area is 113 Å². The van der Waals surface area contributed by atoms with E-state index in [9.17, 15) is 4.79 Å². The van der Waals surface area contributed by atoms with Crippen LogP contribution >= 0.6 is 22.9 Å². The van der Waals surface area contributed by atoms with Crippen LogP contribution in [-0.2, 0) is 17.8 Å². The molecule has 0 unspecified atom stereocenters. The number of carboxylic acid groups (broad SMARTS) is 1. The fourth-order valence-corrected chi connectivity index (χ4v) is 2.56. The van der Waals surface area contributed by atoms with Crippen molar-refractivity contribution < 1.29 is 9.90 Å². The summed E-state index contributed by atoms with van der Waals surface area (Å²) in [5, 5.41) is 12.3. The van der Waals surface area contributed by atoms with Crippen molar-refractivity contribution in [3.05, 3.63) is 45.2 Å². The smallest absolute Gasteiger partial charge is 0.308 e. The number of nitrogens with one attached hydrogen (secondary N) is 1. The van der Waals surface area contributed by atoms with Gasteiger partial charge in [-0.15, -0.1) is 11.3 Å². The third-order valence-corrected chi connectivity index (χ3v) is 3.50. The van der Waals surface area contributed by atoms with Gasteiger partial charge in [0, 0.05) is 9.75 Å². The lowest BCUT2D eigenvalue weighted by atomic mass is 10.3. The maximum absolute atomic E-state index is 10.6. The molecule has 0 aliphatic rings. The van der Waals surface area contributed by atoms with Gasteiger partial charge in [0.05, 0.1) is 13.0 Å². The molecule has 0 saturated carbocycles. The van der Waals surface area contributed by atoms with Gasteiger partial charge in [-0.25, -0.2) is 4.98 Å². The van der Waals surface area contributed by atoms with Crippen molar-refractivity contribution in [1.29, 1.82) is 0 Å². The van der Waals surface area contributed by atoms with Crippen molar-refractivity contribution in [2.75, 3.05) is 5.32 Å². The predicted molar refractivity (Wildman–Crippen MR) is 72.2 cm³/mol. The normalized spacial score (nSPS) is 10.3. The molecule has 0 saturated heterocycles. The van der Waals surface area contributed by atoms with Crippen LogP contribution in [0.4, 0.5) is 5.82 Å². The van der Waals surface area contributed by atoms with Gasteiger partial charge >= 0.3 is 5.97 Å². The van der Waals surface area contributed by atoms with E-state index in [4.69, 9.17) is 16.7 Å². The molecule has 6 heteroatoms. The molecule has 2 heterocycles. The first-order valence-corrected chi connectivity index (χ1v) is 6.49. The van der Waals surface area contributed by atoms with E-state index < -0.39 is 5.97 Å². The van der Waals surface area contributed by atoms with Crippen LogP contribution in [0.15, 0.2) is 30.3 Å². The van der Waals surface area contributed by atoms with Gasteiger partial charge in [0.25, 0.3) is 0 Å². The Bertz CT molecular complexity index is 557. The second-order valence-corrected chi connectivity index (χ2v) is 5.28. The highest BCUT2D eigenvalue weighted by Gasteiger charge is 2.04. The molecule has 2 rings (SSSR count). The van der Waals surface area contributed by atoms with E-state index in [0.717, 1.165) is 9.75 Å². The van der Waals surface area contributed by atoms with Gasteiger partial charge in [-0.05, 0) is 24.3 Å². The Morgan fingerprint density at radius 1 is 1.33 bits per heavy atom. The van der Waals surface area contributed by atoms with Gasteiger partial charge in [-0.1, -0.05) is 17.7 Å². The zero-order valence-corrected chi connectivity index (χ0v) is 11.0. The first kappa shape index (κ1) is 12.9. The second kappa shape index (κ2) is 5.84. The van der Waals surface area contributed by atoms with Crippen molar-refractivity contribution in [1.82, 2.24) is 4.98 Å². The van der Waals surface area contributed by atoms with Crippen LogP contribution in [0.25, 0.3) is 0 Å². The van der Waals surface area contributed by atoms with Crippen LogP contribution in [0.5, 0.6) is 0 Å². The number of hydrogen-bond donors (Lipinski definition) is 2. The maximum atomic E-state index is 10.6. The number of hydrogen-bond acceptors (Lipinski definition) is 4. The van der Waals surface area contributed by atoms with Crippen LogP contribution in [0.2, 0.25) is 5.15 Å². The summed E-state index contributed by atoms with van der Waals surface area (Å²) in [7, 11) is 0. The van der Waals surface area contributed by atoms with Crippen LogP contribution in [-0.4, -0.2) is 16.1 Å². The van der Waals surface area contributed by atoms with E-state index in [1.54, 1.807) is 6.07 Å². The Morgan fingerprint density at radius 2 is 2.11 bits per heavy atom. The minimum Gasteiger partial charge on any atom is -0.481 e. The lowest BCUT2D eigenvalue weighted by Crippen LogP contribution is -1.99. The molecule has 4 nitrogen and oxygen atoms in total. The summed E-state index contributed by atoms with van der Waals surface area (Å²) >= 11 is 7.25. The number of pyridine rings is 1. The lowest BCUT2D eigenvalue weighted by molar-refractivity contribution is -0.136. The lowest BCUT2D eigenvalue weighted by Gasteiger charge is -2.03. The van der Waals surface area contributed by atoms with Crippen LogP contribution in [0, 0.1) is 0 Å². The van der Waals surface area contributed by atoms with Crippen molar-refractivity contribution >= 4 is 34.7 Å². The Morgan fingerprint density at radius 3 is 2.83 bits per heavy atom. The highest BCUT2D eigenvalue weighted by molar-refractivity contribution is 7.12. The highest BCUT2D eigenvalue weighted by atomic mass is 35.5. The monoisotopic (exact) mass is 282 g/mol. The summed E-state index contributed by atoms with van der Waals surface area (Å²) in [6, 6.07) is 9.12. The molecule has 0 aromatic carbocycles. The number of anilines is 1. The molecule has 0 aliphatic heterocycles. The molecule has 0 amide bonds. The quantitative estimate of drug-likeness (QED) is 0.828. The molecule has 0 aliphatic carbocycles.